The molecule has 1 aliphatic rings. The summed E-state index contributed by atoms with van der Waals surface area (Å²) in [5.41, 5.74) is 0. The third-order valence-corrected chi connectivity index (χ3v) is 2.80. The zero-order valence-electron chi connectivity index (χ0n) is 8.16. The van der Waals surface area contributed by atoms with E-state index >= 15 is 0 Å². The number of carbonyl (C=O) groups excluding carboxylic acids is 2. The molecular weight excluding hydrogens is 166 g/mol. The van der Waals surface area contributed by atoms with Gasteiger partial charge in [-0.2, -0.15) is 0 Å². The van der Waals surface area contributed by atoms with Crippen molar-refractivity contribution in [3.63, 3.8) is 0 Å². The van der Waals surface area contributed by atoms with Crippen LogP contribution >= 0.6 is 0 Å². The predicted molar refractivity (Wildman–Crippen MR) is 50.3 cm³/mol. The maximum atomic E-state index is 11.4. The summed E-state index contributed by atoms with van der Waals surface area (Å²) in [5, 5.41) is 0. The highest BCUT2D eigenvalue weighted by Crippen LogP contribution is 2.20. The van der Waals surface area contributed by atoms with Gasteiger partial charge in [-0.15, -0.1) is 0 Å². The summed E-state index contributed by atoms with van der Waals surface area (Å²) < 4.78 is 0. The van der Waals surface area contributed by atoms with Gasteiger partial charge in [0.2, 0.25) is 5.91 Å². The summed E-state index contributed by atoms with van der Waals surface area (Å²) >= 11 is 0. The number of amides is 1. The molecule has 1 aliphatic heterocycles. The lowest BCUT2D eigenvalue weighted by atomic mass is 9.98. The van der Waals surface area contributed by atoms with Crippen molar-refractivity contribution < 1.29 is 9.59 Å². The Labute approximate surface area is 79.1 Å². The predicted octanol–water partition coefficient (Wildman–Crippen LogP) is 1.22. The minimum absolute atomic E-state index is 0.142. The maximum Gasteiger partial charge on any atom is 0.222 e. The Morgan fingerprint density at radius 1 is 1.54 bits per heavy atom. The molecule has 1 fully saturated rings. The third-order valence-electron chi connectivity index (χ3n) is 2.80. The summed E-state index contributed by atoms with van der Waals surface area (Å²) in [6, 6.07) is 0. The van der Waals surface area contributed by atoms with Gasteiger partial charge in [0.1, 0.15) is 6.29 Å². The SMILES string of the molecule is CCC1CCC(=O)N(CC=O)CC1. The van der Waals surface area contributed by atoms with Gasteiger partial charge in [0.15, 0.2) is 0 Å². The fourth-order valence-electron chi connectivity index (χ4n) is 1.78. The molecule has 3 heteroatoms. The van der Waals surface area contributed by atoms with Crippen molar-refractivity contribution in [3.8, 4) is 0 Å². The van der Waals surface area contributed by atoms with Gasteiger partial charge in [-0.25, -0.2) is 0 Å². The number of hydrogen-bond donors (Lipinski definition) is 0. The Balaban J connectivity index is 2.48. The summed E-state index contributed by atoms with van der Waals surface area (Å²) in [4.78, 5) is 23.4. The third kappa shape index (κ3) is 2.83. The first-order valence-electron chi connectivity index (χ1n) is 4.99. The standard InChI is InChI=1S/C10H17NO2/c1-2-9-3-4-10(13)11(6-5-9)7-8-12/h8-9H,2-7H2,1H3. The molecule has 3 nitrogen and oxygen atoms in total. The van der Waals surface area contributed by atoms with E-state index in [0.29, 0.717) is 12.3 Å². The number of hydrogen-bond acceptors (Lipinski definition) is 2. The van der Waals surface area contributed by atoms with Crippen LogP contribution in [-0.4, -0.2) is 30.2 Å². The van der Waals surface area contributed by atoms with Crippen LogP contribution in [-0.2, 0) is 9.59 Å². The van der Waals surface area contributed by atoms with E-state index in [9.17, 15) is 9.59 Å². The monoisotopic (exact) mass is 183 g/mol. The molecule has 0 radical (unpaired) electrons. The van der Waals surface area contributed by atoms with Crippen LogP contribution in [0.2, 0.25) is 0 Å². The molecule has 1 saturated heterocycles. The van der Waals surface area contributed by atoms with E-state index in [-0.39, 0.29) is 12.5 Å². The average molecular weight is 183 g/mol. The average Bonchev–Trinajstić information content (AvgIpc) is 2.31. The molecule has 0 aromatic rings. The van der Waals surface area contributed by atoms with Gasteiger partial charge in [-0.3, -0.25) is 4.79 Å². The molecule has 1 heterocycles. The van der Waals surface area contributed by atoms with E-state index < -0.39 is 0 Å². The Bertz CT molecular complexity index is 191. The first kappa shape index (κ1) is 10.2. The summed E-state index contributed by atoms with van der Waals surface area (Å²) in [6.07, 6.45) is 4.61. The van der Waals surface area contributed by atoms with E-state index in [2.05, 4.69) is 6.92 Å². The number of likely N-dealkylation sites (tertiary alicyclic amines) is 1. The first-order chi connectivity index (χ1) is 6.27. The van der Waals surface area contributed by atoms with Gasteiger partial charge in [0, 0.05) is 13.0 Å². The van der Waals surface area contributed by atoms with E-state index in [1.807, 2.05) is 0 Å². The van der Waals surface area contributed by atoms with Gasteiger partial charge >= 0.3 is 0 Å². The molecule has 0 saturated carbocycles. The highest BCUT2D eigenvalue weighted by Gasteiger charge is 2.20. The molecule has 0 N–H and O–H groups in total. The smallest absolute Gasteiger partial charge is 0.222 e. The highest BCUT2D eigenvalue weighted by molar-refractivity contribution is 5.78. The first-order valence-corrected chi connectivity index (χ1v) is 4.99. The molecule has 0 aromatic heterocycles. The number of aldehydes is 1. The van der Waals surface area contributed by atoms with Crippen LogP contribution in [0.1, 0.15) is 32.6 Å². The number of nitrogens with zero attached hydrogens (tertiary/aromatic N) is 1. The molecule has 1 unspecified atom stereocenters. The quantitative estimate of drug-likeness (QED) is 0.617. The molecule has 0 aromatic carbocycles. The minimum Gasteiger partial charge on any atom is -0.336 e. The van der Waals surface area contributed by atoms with E-state index in [4.69, 9.17) is 0 Å². The topological polar surface area (TPSA) is 37.4 Å². The maximum absolute atomic E-state index is 11.4. The molecular formula is C10H17NO2. The Hall–Kier alpha value is -0.860. The van der Waals surface area contributed by atoms with Crippen LogP contribution in [0.25, 0.3) is 0 Å². The molecule has 74 valence electrons. The van der Waals surface area contributed by atoms with E-state index in [1.165, 1.54) is 0 Å². The lowest BCUT2D eigenvalue weighted by molar-refractivity contribution is -0.132. The lowest BCUT2D eigenvalue weighted by Gasteiger charge is -2.17. The van der Waals surface area contributed by atoms with Crippen LogP contribution < -0.4 is 0 Å². The normalized spacial score (nSPS) is 24.2. The van der Waals surface area contributed by atoms with Crippen molar-refractivity contribution >= 4 is 12.2 Å². The molecule has 0 bridgehead atoms. The molecule has 13 heavy (non-hydrogen) atoms. The second kappa shape index (κ2) is 5.00. The molecule has 1 rings (SSSR count). The van der Waals surface area contributed by atoms with Gasteiger partial charge in [-0.1, -0.05) is 13.3 Å². The second-order valence-corrected chi connectivity index (χ2v) is 3.61. The molecule has 1 amide bonds. The summed E-state index contributed by atoms with van der Waals surface area (Å²) in [5.74, 6) is 0.809. The Morgan fingerprint density at radius 3 is 2.92 bits per heavy atom. The summed E-state index contributed by atoms with van der Waals surface area (Å²) in [7, 11) is 0. The van der Waals surface area contributed by atoms with Gasteiger partial charge in [0.05, 0.1) is 6.54 Å². The Kier molecular flexibility index (Phi) is 3.93. The highest BCUT2D eigenvalue weighted by atomic mass is 16.2. The van der Waals surface area contributed by atoms with Crippen molar-refractivity contribution in [1.82, 2.24) is 4.90 Å². The molecule has 0 spiro atoms. The van der Waals surface area contributed by atoms with Crippen molar-refractivity contribution in [2.45, 2.75) is 32.6 Å². The lowest BCUT2D eigenvalue weighted by Crippen LogP contribution is -2.31. The van der Waals surface area contributed by atoms with Crippen molar-refractivity contribution in [2.24, 2.45) is 5.92 Å². The zero-order valence-corrected chi connectivity index (χ0v) is 8.16. The van der Waals surface area contributed by atoms with Crippen LogP contribution in [0.5, 0.6) is 0 Å². The number of carbonyl (C=O) groups is 2. The van der Waals surface area contributed by atoms with Crippen LogP contribution in [0.15, 0.2) is 0 Å². The van der Waals surface area contributed by atoms with Crippen molar-refractivity contribution in [3.05, 3.63) is 0 Å². The van der Waals surface area contributed by atoms with Crippen molar-refractivity contribution in [2.75, 3.05) is 13.1 Å². The fourth-order valence-corrected chi connectivity index (χ4v) is 1.78. The zero-order chi connectivity index (χ0) is 9.68. The van der Waals surface area contributed by atoms with Crippen molar-refractivity contribution in [1.29, 1.82) is 0 Å². The van der Waals surface area contributed by atoms with E-state index in [0.717, 1.165) is 32.1 Å². The molecule has 1 atom stereocenters. The van der Waals surface area contributed by atoms with Crippen LogP contribution in [0.3, 0.4) is 0 Å². The number of rotatable bonds is 3. The second-order valence-electron chi connectivity index (χ2n) is 3.61. The van der Waals surface area contributed by atoms with Gasteiger partial charge in [0.25, 0.3) is 0 Å². The van der Waals surface area contributed by atoms with E-state index in [1.54, 1.807) is 4.90 Å². The molecule has 0 aliphatic carbocycles. The van der Waals surface area contributed by atoms with Crippen LogP contribution in [0.4, 0.5) is 0 Å². The summed E-state index contributed by atoms with van der Waals surface area (Å²) in [6.45, 7) is 3.19. The Morgan fingerprint density at radius 2 is 2.31 bits per heavy atom. The van der Waals surface area contributed by atoms with Gasteiger partial charge in [-0.05, 0) is 18.8 Å². The van der Waals surface area contributed by atoms with Crippen LogP contribution in [0, 0.1) is 5.92 Å². The fraction of sp³-hybridized carbons (Fsp3) is 0.800. The minimum atomic E-state index is 0.142. The largest absolute Gasteiger partial charge is 0.336 e. The van der Waals surface area contributed by atoms with Gasteiger partial charge < -0.3 is 9.69 Å².